The highest BCUT2D eigenvalue weighted by atomic mass is 16.3. The van der Waals surface area contributed by atoms with Gasteiger partial charge in [-0.15, -0.1) is 0 Å². The number of benzene rings is 8. The first-order valence-electron chi connectivity index (χ1n) is 17.7. The Hall–Kier alpha value is -7.31. The lowest BCUT2D eigenvalue weighted by atomic mass is 10.00. The van der Waals surface area contributed by atoms with Crippen molar-refractivity contribution < 1.29 is 8.83 Å². The van der Waals surface area contributed by atoms with Crippen molar-refractivity contribution in [3.8, 4) is 28.7 Å². The van der Waals surface area contributed by atoms with Gasteiger partial charge in [-0.1, -0.05) is 121 Å². The van der Waals surface area contributed by atoms with Crippen LogP contribution in [0, 0.1) is 0 Å². The first-order chi connectivity index (χ1) is 26.3. The molecule has 0 aliphatic carbocycles. The maximum atomic E-state index is 6.54. The molecule has 0 unspecified atom stereocenters. The number of nitrogens with zero attached hydrogens (tertiary/aromatic N) is 4. The first-order valence-corrected chi connectivity index (χ1v) is 17.7. The van der Waals surface area contributed by atoms with Gasteiger partial charge in [0, 0.05) is 43.4 Å². The van der Waals surface area contributed by atoms with E-state index in [4.69, 9.17) is 23.8 Å². The van der Waals surface area contributed by atoms with Crippen molar-refractivity contribution in [3.63, 3.8) is 0 Å². The van der Waals surface area contributed by atoms with Crippen molar-refractivity contribution in [2.45, 2.75) is 0 Å². The lowest BCUT2D eigenvalue weighted by Gasteiger charge is -2.11. The third kappa shape index (κ3) is 4.06. The van der Waals surface area contributed by atoms with Gasteiger partial charge in [-0.25, -0.2) is 4.98 Å². The van der Waals surface area contributed by atoms with Gasteiger partial charge in [-0.3, -0.25) is 4.57 Å². The third-order valence-electron chi connectivity index (χ3n) is 10.6. The zero-order valence-electron chi connectivity index (χ0n) is 28.1. The van der Waals surface area contributed by atoms with Gasteiger partial charge in [0.05, 0.1) is 11.0 Å². The Balaban J connectivity index is 1.19. The maximum Gasteiger partial charge on any atom is 0.238 e. The number of hydrogen-bond acceptors (Lipinski definition) is 5. The van der Waals surface area contributed by atoms with Crippen LogP contribution in [-0.2, 0) is 0 Å². The van der Waals surface area contributed by atoms with Gasteiger partial charge in [-0.2, -0.15) is 9.97 Å². The van der Waals surface area contributed by atoms with E-state index in [0.717, 1.165) is 66.0 Å². The number of rotatable bonds is 3. The van der Waals surface area contributed by atoms with Gasteiger partial charge in [0.1, 0.15) is 22.3 Å². The summed E-state index contributed by atoms with van der Waals surface area (Å²) < 4.78 is 15.1. The Morgan fingerprint density at radius 2 is 0.962 bits per heavy atom. The summed E-state index contributed by atoms with van der Waals surface area (Å²) in [5.74, 6) is 1.69. The molecule has 0 amide bonds. The maximum absolute atomic E-state index is 6.54. The van der Waals surface area contributed by atoms with Crippen LogP contribution >= 0.6 is 0 Å². The Labute approximate surface area is 301 Å². The fraction of sp³-hybridized carbons (Fsp3) is 0. The highest BCUT2D eigenvalue weighted by Crippen LogP contribution is 2.42. The van der Waals surface area contributed by atoms with E-state index in [1.165, 1.54) is 32.3 Å². The molecule has 0 atom stereocenters. The molecule has 0 aliphatic heterocycles. The van der Waals surface area contributed by atoms with Crippen molar-refractivity contribution in [3.05, 3.63) is 158 Å². The second-order valence-electron chi connectivity index (χ2n) is 13.6. The molecule has 12 rings (SSSR count). The van der Waals surface area contributed by atoms with E-state index in [1.807, 2.05) is 60.7 Å². The minimum absolute atomic E-state index is 0.545. The summed E-state index contributed by atoms with van der Waals surface area (Å²) in [7, 11) is 0. The van der Waals surface area contributed by atoms with E-state index in [-0.39, 0.29) is 0 Å². The van der Waals surface area contributed by atoms with Crippen LogP contribution < -0.4 is 0 Å². The van der Waals surface area contributed by atoms with Gasteiger partial charge in [0.2, 0.25) is 5.95 Å². The van der Waals surface area contributed by atoms with E-state index in [9.17, 15) is 0 Å². The average molecular weight is 679 g/mol. The van der Waals surface area contributed by atoms with Crippen LogP contribution in [0.2, 0.25) is 0 Å². The Kier molecular flexibility index (Phi) is 5.68. The van der Waals surface area contributed by atoms with Gasteiger partial charge < -0.3 is 8.83 Å². The molecule has 8 aromatic carbocycles. The zero-order valence-corrected chi connectivity index (χ0v) is 28.1. The van der Waals surface area contributed by atoms with Crippen molar-refractivity contribution >= 4 is 87.2 Å². The lowest BCUT2D eigenvalue weighted by Crippen LogP contribution is -2.06. The fourth-order valence-electron chi connectivity index (χ4n) is 8.30. The summed E-state index contributed by atoms with van der Waals surface area (Å²) in [6.07, 6.45) is 0. The molecular formula is C47H26N4O2. The summed E-state index contributed by atoms with van der Waals surface area (Å²) in [6, 6.07) is 54.4. The number of aromatic nitrogens is 4. The Bertz CT molecular complexity index is 3370. The smallest absolute Gasteiger partial charge is 0.238 e. The van der Waals surface area contributed by atoms with Crippen LogP contribution in [0.5, 0.6) is 0 Å². The van der Waals surface area contributed by atoms with Crippen LogP contribution in [0.4, 0.5) is 0 Å². The van der Waals surface area contributed by atoms with Gasteiger partial charge in [0.25, 0.3) is 0 Å². The fourth-order valence-corrected chi connectivity index (χ4v) is 8.30. The van der Waals surface area contributed by atoms with Crippen molar-refractivity contribution in [1.82, 2.24) is 19.5 Å². The van der Waals surface area contributed by atoms with E-state index in [0.29, 0.717) is 17.6 Å². The number of fused-ring (bicyclic) bond motifs is 13. The predicted molar refractivity (Wildman–Crippen MR) is 215 cm³/mol. The largest absolute Gasteiger partial charge is 0.456 e. The highest BCUT2D eigenvalue weighted by molar-refractivity contribution is 6.28. The number of furan rings is 2. The average Bonchev–Trinajstić information content (AvgIpc) is 3.89. The van der Waals surface area contributed by atoms with Crippen molar-refractivity contribution in [2.24, 2.45) is 0 Å². The van der Waals surface area contributed by atoms with Crippen LogP contribution in [-0.4, -0.2) is 19.5 Å². The summed E-state index contributed by atoms with van der Waals surface area (Å²) >= 11 is 0. The summed E-state index contributed by atoms with van der Waals surface area (Å²) in [5, 5.41) is 11.1. The molecule has 12 aromatic rings. The molecule has 0 saturated carbocycles. The summed E-state index contributed by atoms with van der Waals surface area (Å²) in [6.45, 7) is 0. The highest BCUT2D eigenvalue weighted by Gasteiger charge is 2.23. The second-order valence-corrected chi connectivity index (χ2v) is 13.6. The minimum atomic E-state index is 0.545. The Morgan fingerprint density at radius 3 is 1.72 bits per heavy atom. The molecule has 6 heteroatoms. The van der Waals surface area contributed by atoms with Crippen LogP contribution in [0.25, 0.3) is 116 Å². The molecule has 0 spiro atoms. The standard InChI is InChI=1S/C47H26N4O2/c1-2-13-29(14-3-1)45-48-46(33-18-10-20-39-42(33)35-26-40-34(25-41(35)53-39)32-17-8-9-19-38(32)52-40)50-47(49-45)51-36-23-21-27-11-4-6-15-30(27)43(36)44-31-16-7-5-12-28(31)22-24-37(44)51/h1-26H. The number of para-hydroxylation sites is 1. The molecule has 4 heterocycles. The topological polar surface area (TPSA) is 69.9 Å². The van der Waals surface area contributed by atoms with Crippen molar-refractivity contribution in [1.29, 1.82) is 0 Å². The molecule has 0 aliphatic rings. The van der Waals surface area contributed by atoms with E-state index >= 15 is 0 Å². The number of hydrogen-bond donors (Lipinski definition) is 0. The Morgan fingerprint density at radius 1 is 0.377 bits per heavy atom. The second kappa shape index (κ2) is 10.6. The molecular weight excluding hydrogens is 653 g/mol. The molecule has 4 aromatic heterocycles. The van der Waals surface area contributed by atoms with E-state index < -0.39 is 0 Å². The van der Waals surface area contributed by atoms with Crippen LogP contribution in [0.3, 0.4) is 0 Å². The van der Waals surface area contributed by atoms with Crippen molar-refractivity contribution in [2.75, 3.05) is 0 Å². The van der Waals surface area contributed by atoms with E-state index in [2.05, 4.69) is 102 Å². The summed E-state index contributed by atoms with van der Waals surface area (Å²) in [4.78, 5) is 15.7. The minimum Gasteiger partial charge on any atom is -0.456 e. The van der Waals surface area contributed by atoms with Gasteiger partial charge in [-0.05, 0) is 57.9 Å². The lowest BCUT2D eigenvalue weighted by molar-refractivity contribution is 0.664. The zero-order chi connectivity index (χ0) is 34.6. The van der Waals surface area contributed by atoms with Crippen LogP contribution in [0.1, 0.15) is 0 Å². The third-order valence-corrected chi connectivity index (χ3v) is 10.6. The molecule has 0 radical (unpaired) electrons. The van der Waals surface area contributed by atoms with E-state index in [1.54, 1.807) is 0 Å². The molecule has 6 nitrogen and oxygen atoms in total. The SMILES string of the molecule is c1ccc(-c2nc(-c3cccc4oc5cc6c(cc5c34)oc3ccccc36)nc(-n3c4ccc5ccccc5c4c4c5ccccc5ccc43)n2)cc1. The summed E-state index contributed by atoms with van der Waals surface area (Å²) in [5.41, 5.74) is 7.02. The predicted octanol–water partition coefficient (Wildman–Crippen LogP) is 12.4. The normalized spacial score (nSPS) is 12.2. The van der Waals surface area contributed by atoms with Crippen LogP contribution in [0.15, 0.2) is 167 Å². The first kappa shape index (κ1) is 28.4. The molecule has 0 saturated heterocycles. The van der Waals surface area contributed by atoms with Gasteiger partial charge >= 0.3 is 0 Å². The molecule has 53 heavy (non-hydrogen) atoms. The van der Waals surface area contributed by atoms with Gasteiger partial charge in [0.15, 0.2) is 11.6 Å². The molecule has 246 valence electrons. The molecule has 0 N–H and O–H groups in total. The monoisotopic (exact) mass is 678 g/mol. The quantitative estimate of drug-likeness (QED) is 0.186. The molecule has 0 fully saturated rings. The molecule has 0 bridgehead atoms.